The molecule has 0 saturated heterocycles. The van der Waals surface area contributed by atoms with E-state index in [2.05, 4.69) is 20.9 Å². The van der Waals surface area contributed by atoms with Crippen molar-refractivity contribution >= 4 is 22.0 Å². The maximum Gasteiger partial charge on any atom is 0.235 e. The number of fused-ring (bicyclic) bond motifs is 1. The van der Waals surface area contributed by atoms with E-state index >= 15 is 0 Å². The van der Waals surface area contributed by atoms with Gasteiger partial charge in [0.15, 0.2) is 11.5 Å². The van der Waals surface area contributed by atoms with Crippen LogP contribution in [-0.2, 0) is 10.3 Å². The summed E-state index contributed by atoms with van der Waals surface area (Å²) >= 11 is 3.31. The number of hydrogen-bond acceptors (Lipinski definition) is 5. The summed E-state index contributed by atoms with van der Waals surface area (Å²) in [4.78, 5) is 14.7. The van der Waals surface area contributed by atoms with Crippen molar-refractivity contribution in [2.45, 2.75) is 31.2 Å². The molecular formula is C13H12BrNO4. The van der Waals surface area contributed by atoms with Crippen molar-refractivity contribution in [3.05, 3.63) is 16.1 Å². The predicted octanol–water partition coefficient (Wildman–Crippen LogP) is 2.99. The quantitative estimate of drug-likeness (QED) is 0.670. The molecular weight excluding hydrogens is 314 g/mol. The van der Waals surface area contributed by atoms with Crippen LogP contribution in [0.15, 0.2) is 15.5 Å². The van der Waals surface area contributed by atoms with Crippen LogP contribution in [0.3, 0.4) is 0 Å². The van der Waals surface area contributed by atoms with E-state index in [1.807, 2.05) is 0 Å². The second kappa shape index (κ2) is 4.54. The van der Waals surface area contributed by atoms with Crippen LogP contribution in [0, 0.1) is 0 Å². The number of carbonyl (C=O) groups excluding carboxylic acids is 1. The number of aromatic hydroxyl groups is 1. The molecule has 5 nitrogen and oxygen atoms in total. The number of rotatable bonds is 2. The van der Waals surface area contributed by atoms with E-state index in [0.717, 1.165) is 25.7 Å². The molecule has 0 aromatic heterocycles. The van der Waals surface area contributed by atoms with E-state index in [4.69, 9.17) is 9.47 Å². The minimum atomic E-state index is -0.685. The standard InChI is InChI=1S/C13H12BrNO4/c14-10-11(17)8(5-9-12(10)19-7-18-9)13(15-6-16)3-1-2-4-13/h5,17H,1-4,7H2. The monoisotopic (exact) mass is 325 g/mol. The molecule has 0 bridgehead atoms. The van der Waals surface area contributed by atoms with Gasteiger partial charge in [0.1, 0.15) is 15.8 Å². The van der Waals surface area contributed by atoms with E-state index < -0.39 is 5.54 Å². The van der Waals surface area contributed by atoms with Gasteiger partial charge in [-0.3, -0.25) is 0 Å². The van der Waals surface area contributed by atoms with Gasteiger partial charge in [-0.25, -0.2) is 4.79 Å². The average Bonchev–Trinajstić information content (AvgIpc) is 3.03. The van der Waals surface area contributed by atoms with E-state index in [1.54, 1.807) is 12.1 Å². The SMILES string of the molecule is O=C=NC1(c2cc3c(c(Br)c2O)OCO3)CCCC1. The fourth-order valence-electron chi connectivity index (χ4n) is 2.84. The summed E-state index contributed by atoms with van der Waals surface area (Å²) in [5.74, 6) is 1.11. The van der Waals surface area contributed by atoms with Crippen molar-refractivity contribution in [3.8, 4) is 17.2 Å². The molecule has 1 heterocycles. The van der Waals surface area contributed by atoms with Gasteiger partial charge in [-0.1, -0.05) is 12.8 Å². The van der Waals surface area contributed by atoms with Crippen molar-refractivity contribution in [2.24, 2.45) is 4.99 Å². The molecule has 1 aromatic carbocycles. The van der Waals surface area contributed by atoms with E-state index in [0.29, 0.717) is 21.5 Å². The summed E-state index contributed by atoms with van der Waals surface area (Å²) in [6.45, 7) is 0.126. The smallest absolute Gasteiger partial charge is 0.235 e. The fourth-order valence-corrected chi connectivity index (χ4v) is 3.36. The lowest BCUT2D eigenvalue weighted by atomic mass is 9.88. The highest BCUT2D eigenvalue weighted by Crippen LogP contribution is 2.53. The molecule has 1 aliphatic heterocycles. The van der Waals surface area contributed by atoms with Crippen LogP contribution in [0.5, 0.6) is 17.2 Å². The molecule has 1 fully saturated rings. The highest BCUT2D eigenvalue weighted by atomic mass is 79.9. The molecule has 6 heteroatoms. The first-order valence-corrected chi connectivity index (χ1v) is 6.88. The molecule has 1 aliphatic carbocycles. The van der Waals surface area contributed by atoms with Gasteiger partial charge < -0.3 is 14.6 Å². The number of nitrogens with zero attached hydrogens (tertiary/aromatic N) is 1. The number of halogens is 1. The summed E-state index contributed by atoms with van der Waals surface area (Å²) in [5, 5.41) is 10.3. The number of phenols is 1. The van der Waals surface area contributed by atoms with Gasteiger partial charge in [-0.15, -0.1) is 0 Å². The molecule has 0 amide bonds. The van der Waals surface area contributed by atoms with Gasteiger partial charge in [-0.05, 0) is 34.8 Å². The second-order valence-corrected chi connectivity index (χ2v) is 5.56. The van der Waals surface area contributed by atoms with Crippen LogP contribution >= 0.6 is 15.9 Å². The highest BCUT2D eigenvalue weighted by molar-refractivity contribution is 9.10. The van der Waals surface area contributed by atoms with Gasteiger partial charge >= 0.3 is 0 Å². The molecule has 0 unspecified atom stereocenters. The van der Waals surface area contributed by atoms with Crippen LogP contribution in [0.25, 0.3) is 0 Å². The Morgan fingerprint density at radius 1 is 1.37 bits per heavy atom. The minimum Gasteiger partial charge on any atom is -0.506 e. The molecule has 1 N–H and O–H groups in total. The maximum absolute atomic E-state index is 10.7. The Balaban J connectivity index is 2.19. The minimum absolute atomic E-state index is 0.0603. The molecule has 0 radical (unpaired) electrons. The Labute approximate surface area is 118 Å². The van der Waals surface area contributed by atoms with Gasteiger partial charge in [0.2, 0.25) is 12.9 Å². The molecule has 1 saturated carbocycles. The third-order valence-electron chi connectivity index (χ3n) is 3.77. The third kappa shape index (κ3) is 1.83. The maximum atomic E-state index is 10.7. The number of isocyanates is 1. The van der Waals surface area contributed by atoms with E-state index in [-0.39, 0.29) is 12.5 Å². The molecule has 19 heavy (non-hydrogen) atoms. The summed E-state index contributed by atoms with van der Waals surface area (Å²) < 4.78 is 11.1. The lowest BCUT2D eigenvalue weighted by molar-refractivity contribution is 0.173. The summed E-state index contributed by atoms with van der Waals surface area (Å²) in [7, 11) is 0. The lowest BCUT2D eigenvalue weighted by Crippen LogP contribution is -2.19. The third-order valence-corrected chi connectivity index (χ3v) is 4.51. The van der Waals surface area contributed by atoms with Gasteiger partial charge in [-0.2, -0.15) is 4.99 Å². The highest BCUT2D eigenvalue weighted by Gasteiger charge is 2.40. The zero-order chi connectivity index (χ0) is 13.5. The summed E-state index contributed by atoms with van der Waals surface area (Å²) in [5.41, 5.74) is -0.0838. The molecule has 100 valence electrons. The van der Waals surface area contributed by atoms with Crippen LogP contribution in [0.2, 0.25) is 0 Å². The van der Waals surface area contributed by atoms with E-state index in [1.165, 1.54) is 0 Å². The van der Waals surface area contributed by atoms with Crippen molar-refractivity contribution in [2.75, 3.05) is 6.79 Å². The lowest BCUT2D eigenvalue weighted by Gasteiger charge is -2.24. The van der Waals surface area contributed by atoms with Crippen molar-refractivity contribution in [3.63, 3.8) is 0 Å². The van der Waals surface area contributed by atoms with E-state index in [9.17, 15) is 9.90 Å². The van der Waals surface area contributed by atoms with Gasteiger partial charge in [0.05, 0.1) is 0 Å². The zero-order valence-electron chi connectivity index (χ0n) is 10.1. The first-order valence-electron chi connectivity index (χ1n) is 6.08. The first kappa shape index (κ1) is 12.5. The number of hydrogen-bond donors (Lipinski definition) is 1. The molecule has 2 aliphatic rings. The number of aliphatic imine (C=N–C) groups is 1. The first-order chi connectivity index (χ1) is 9.18. The van der Waals surface area contributed by atoms with Crippen LogP contribution in [-0.4, -0.2) is 18.0 Å². The van der Waals surface area contributed by atoms with Crippen LogP contribution in [0.4, 0.5) is 0 Å². The fraction of sp³-hybridized carbons (Fsp3) is 0.462. The zero-order valence-corrected chi connectivity index (χ0v) is 11.7. The predicted molar refractivity (Wildman–Crippen MR) is 70.2 cm³/mol. The molecule has 0 atom stereocenters. The van der Waals surface area contributed by atoms with Gasteiger partial charge in [0, 0.05) is 5.56 Å². The Bertz CT molecular complexity index is 574. The number of ether oxygens (including phenoxy) is 2. The second-order valence-electron chi connectivity index (χ2n) is 4.76. The summed E-state index contributed by atoms with van der Waals surface area (Å²) in [6.07, 6.45) is 5.03. The van der Waals surface area contributed by atoms with Crippen LogP contribution in [0.1, 0.15) is 31.2 Å². The van der Waals surface area contributed by atoms with Gasteiger partial charge in [0.25, 0.3) is 0 Å². The number of benzene rings is 1. The van der Waals surface area contributed by atoms with Crippen molar-refractivity contribution < 1.29 is 19.4 Å². The molecule has 0 spiro atoms. The Hall–Kier alpha value is -1.52. The van der Waals surface area contributed by atoms with Crippen molar-refractivity contribution in [1.29, 1.82) is 0 Å². The Kier molecular flexibility index (Phi) is 2.99. The Morgan fingerprint density at radius 2 is 2.11 bits per heavy atom. The van der Waals surface area contributed by atoms with Crippen molar-refractivity contribution in [1.82, 2.24) is 0 Å². The van der Waals surface area contributed by atoms with Crippen LogP contribution < -0.4 is 9.47 Å². The number of phenolic OH excluding ortho intramolecular Hbond substituents is 1. The molecule has 1 aromatic rings. The molecule has 3 rings (SSSR count). The largest absolute Gasteiger partial charge is 0.506 e. The summed E-state index contributed by atoms with van der Waals surface area (Å²) in [6, 6.07) is 1.72. The average molecular weight is 326 g/mol. The topological polar surface area (TPSA) is 68.1 Å². The Morgan fingerprint density at radius 3 is 2.79 bits per heavy atom. The normalized spacial score (nSPS) is 19.2.